The van der Waals surface area contributed by atoms with Gasteiger partial charge in [0, 0.05) is 31.5 Å². The molecule has 0 saturated heterocycles. The summed E-state index contributed by atoms with van der Waals surface area (Å²) >= 11 is 0. The molecule has 3 rings (SSSR count). The summed E-state index contributed by atoms with van der Waals surface area (Å²) in [6.45, 7) is 0.0156. The maximum atomic E-state index is 12.8. The molecule has 156 valence electrons. The van der Waals surface area contributed by atoms with E-state index in [1.54, 1.807) is 30.3 Å². The second-order valence-electron chi connectivity index (χ2n) is 6.29. The average molecular weight is 431 g/mol. The van der Waals surface area contributed by atoms with E-state index < -0.39 is 27.6 Å². The van der Waals surface area contributed by atoms with Gasteiger partial charge < -0.3 is 14.2 Å². The van der Waals surface area contributed by atoms with E-state index in [1.807, 2.05) is 0 Å². The summed E-state index contributed by atoms with van der Waals surface area (Å²) in [6, 6.07) is 8.82. The molecule has 0 radical (unpaired) electrons. The van der Waals surface area contributed by atoms with Gasteiger partial charge in [0.25, 0.3) is 0 Å². The molecule has 1 aliphatic heterocycles. The van der Waals surface area contributed by atoms with Gasteiger partial charge in [0.1, 0.15) is 5.82 Å². The fourth-order valence-electron chi connectivity index (χ4n) is 2.88. The number of hydrogen-bond acceptors (Lipinski definition) is 6. The maximum absolute atomic E-state index is 12.8. The molecule has 2 aromatic rings. The van der Waals surface area contributed by atoms with Crippen LogP contribution in [0.2, 0.25) is 0 Å². The van der Waals surface area contributed by atoms with Crippen molar-refractivity contribution in [2.24, 2.45) is 0 Å². The minimum Gasteiger partial charge on any atom is -0.465 e. The molecule has 1 aromatic heterocycles. The molecular weight excluding hydrogens is 415 g/mol. The molecule has 1 N–H and O–H groups in total. The molecule has 8 nitrogen and oxygen atoms in total. The molecule has 2 heterocycles. The maximum Gasteiger partial charge on any atom is 0.534 e. The van der Waals surface area contributed by atoms with Crippen LogP contribution in [-0.2, 0) is 29.4 Å². The van der Waals surface area contributed by atoms with Crippen LogP contribution in [0.4, 0.5) is 18.0 Å². The Morgan fingerprint density at radius 1 is 1.14 bits per heavy atom. The number of carboxylic acid groups (broad SMARTS) is 1. The number of alkyl halides is 3. The van der Waals surface area contributed by atoms with E-state index in [0.29, 0.717) is 0 Å². The average Bonchev–Trinajstić information content (AvgIpc) is 2.84. The lowest BCUT2D eigenvalue weighted by Crippen LogP contribution is -2.31. The highest BCUT2D eigenvalue weighted by atomic mass is 32.2. The Balaban J connectivity index is 2.02. The predicted molar refractivity (Wildman–Crippen MR) is 93.9 cm³/mol. The number of hydrogen-bond donors (Lipinski definition) is 1. The molecular formula is C17H16F3N3O5S. The zero-order valence-electron chi connectivity index (χ0n) is 14.9. The first-order chi connectivity index (χ1) is 13.6. The molecule has 0 fully saturated rings. The van der Waals surface area contributed by atoms with Crippen LogP contribution < -0.4 is 4.18 Å². The number of aromatic nitrogens is 2. The second kappa shape index (κ2) is 7.85. The topological polar surface area (TPSA) is 110 Å². The van der Waals surface area contributed by atoms with Crippen LogP contribution in [0, 0.1) is 0 Å². The monoisotopic (exact) mass is 431 g/mol. The lowest BCUT2D eigenvalue weighted by atomic mass is 10.1. The van der Waals surface area contributed by atoms with Crippen LogP contribution in [-0.4, -0.2) is 53.1 Å². The zero-order valence-corrected chi connectivity index (χ0v) is 15.7. The number of benzene rings is 1. The van der Waals surface area contributed by atoms with E-state index >= 15 is 0 Å². The fraction of sp³-hybridized carbons (Fsp3) is 0.353. The number of fused-ring (bicyclic) bond motifs is 1. The van der Waals surface area contributed by atoms with Crippen molar-refractivity contribution in [1.82, 2.24) is 14.9 Å². The van der Waals surface area contributed by atoms with E-state index in [9.17, 15) is 26.4 Å². The van der Waals surface area contributed by atoms with Gasteiger partial charge in [-0.25, -0.2) is 9.78 Å². The van der Waals surface area contributed by atoms with E-state index in [-0.39, 0.29) is 49.4 Å². The van der Waals surface area contributed by atoms with Crippen LogP contribution >= 0.6 is 0 Å². The Kier molecular flexibility index (Phi) is 5.64. The number of nitrogens with zero attached hydrogens (tertiary/aromatic N) is 3. The Morgan fingerprint density at radius 3 is 2.41 bits per heavy atom. The number of amides is 1. The Labute approximate surface area is 164 Å². The molecule has 0 unspecified atom stereocenters. The van der Waals surface area contributed by atoms with Crippen LogP contribution in [0.5, 0.6) is 5.88 Å². The summed E-state index contributed by atoms with van der Waals surface area (Å²) in [5.41, 5.74) is -4.54. The van der Waals surface area contributed by atoms with Crippen molar-refractivity contribution in [1.29, 1.82) is 0 Å². The highest BCUT2D eigenvalue weighted by molar-refractivity contribution is 7.87. The van der Waals surface area contributed by atoms with Gasteiger partial charge in [-0.1, -0.05) is 30.3 Å². The van der Waals surface area contributed by atoms with Crippen molar-refractivity contribution in [3.63, 3.8) is 0 Å². The van der Waals surface area contributed by atoms with Gasteiger partial charge in [-0.2, -0.15) is 26.6 Å². The van der Waals surface area contributed by atoms with Crippen molar-refractivity contribution in [2.45, 2.75) is 24.8 Å². The fourth-order valence-corrected chi connectivity index (χ4v) is 3.32. The molecule has 12 heteroatoms. The molecule has 1 amide bonds. The summed E-state index contributed by atoms with van der Waals surface area (Å²) in [5, 5.41) is 9.17. The quantitative estimate of drug-likeness (QED) is 0.585. The van der Waals surface area contributed by atoms with Crippen molar-refractivity contribution in [3.8, 4) is 5.88 Å². The van der Waals surface area contributed by atoms with Gasteiger partial charge in [0.2, 0.25) is 5.88 Å². The molecule has 0 aliphatic carbocycles. The molecule has 1 aliphatic rings. The van der Waals surface area contributed by atoms with Crippen molar-refractivity contribution in [3.05, 3.63) is 53.0 Å². The van der Waals surface area contributed by atoms with Crippen LogP contribution in [0.25, 0.3) is 0 Å². The first-order valence-corrected chi connectivity index (χ1v) is 9.89. The standard InChI is InChI=1S/C17H16F3N3O5S/c18-17(19,20)29(26,27)28-15-12-6-8-23(16(24)25)9-7-13(12)21-14(22-15)10-11-4-2-1-3-5-11/h1-5H,6-10H2,(H,24,25). The van der Waals surface area contributed by atoms with Gasteiger partial charge in [-0.3, -0.25) is 0 Å². The van der Waals surface area contributed by atoms with Crippen molar-refractivity contribution >= 4 is 16.2 Å². The lowest BCUT2D eigenvalue weighted by molar-refractivity contribution is -0.0501. The molecule has 0 atom stereocenters. The number of carbonyl (C=O) groups is 1. The summed E-state index contributed by atoms with van der Waals surface area (Å²) in [4.78, 5) is 20.5. The summed E-state index contributed by atoms with van der Waals surface area (Å²) < 4.78 is 65.8. The molecule has 1 aromatic carbocycles. The van der Waals surface area contributed by atoms with E-state index in [1.165, 1.54) is 0 Å². The van der Waals surface area contributed by atoms with Crippen LogP contribution in [0.1, 0.15) is 22.6 Å². The van der Waals surface area contributed by atoms with Gasteiger partial charge in [-0.05, 0) is 12.0 Å². The summed E-state index contributed by atoms with van der Waals surface area (Å²) in [5.74, 6) is -0.642. The third-order valence-electron chi connectivity index (χ3n) is 4.30. The van der Waals surface area contributed by atoms with Crippen molar-refractivity contribution in [2.75, 3.05) is 13.1 Å². The molecule has 0 saturated carbocycles. The number of halogens is 3. The normalized spacial score (nSPS) is 14.8. The minimum atomic E-state index is -5.94. The third-order valence-corrected chi connectivity index (χ3v) is 5.24. The van der Waals surface area contributed by atoms with Gasteiger partial charge in [-0.15, -0.1) is 0 Å². The lowest BCUT2D eigenvalue weighted by Gasteiger charge is -2.15. The summed E-state index contributed by atoms with van der Waals surface area (Å²) in [7, 11) is -5.94. The first-order valence-electron chi connectivity index (χ1n) is 8.48. The van der Waals surface area contributed by atoms with E-state index in [2.05, 4.69) is 14.2 Å². The smallest absolute Gasteiger partial charge is 0.465 e. The highest BCUT2D eigenvalue weighted by Crippen LogP contribution is 2.30. The third kappa shape index (κ3) is 4.75. The van der Waals surface area contributed by atoms with E-state index in [4.69, 9.17) is 5.11 Å². The Bertz CT molecular complexity index is 1010. The summed E-state index contributed by atoms with van der Waals surface area (Å²) in [6.07, 6.45) is -1.04. The molecule has 0 spiro atoms. The van der Waals surface area contributed by atoms with Crippen LogP contribution in [0.3, 0.4) is 0 Å². The van der Waals surface area contributed by atoms with E-state index in [0.717, 1.165) is 10.5 Å². The largest absolute Gasteiger partial charge is 0.534 e. The predicted octanol–water partition coefficient (Wildman–Crippen LogP) is 2.37. The van der Waals surface area contributed by atoms with Gasteiger partial charge >= 0.3 is 21.7 Å². The first kappa shape index (κ1) is 20.8. The molecule has 29 heavy (non-hydrogen) atoms. The van der Waals surface area contributed by atoms with Crippen LogP contribution in [0.15, 0.2) is 30.3 Å². The van der Waals surface area contributed by atoms with Gasteiger partial charge in [0.15, 0.2) is 0 Å². The second-order valence-corrected chi connectivity index (χ2v) is 7.82. The Morgan fingerprint density at radius 2 is 1.79 bits per heavy atom. The SMILES string of the molecule is O=C(O)N1CCc2nc(Cc3ccccc3)nc(OS(=O)(=O)C(F)(F)F)c2CC1. The van der Waals surface area contributed by atoms with Gasteiger partial charge in [0.05, 0.1) is 5.69 Å². The van der Waals surface area contributed by atoms with Crippen molar-refractivity contribution < 1.29 is 35.7 Å². The zero-order chi connectivity index (χ0) is 21.2. The minimum absolute atomic E-state index is 0.0495. The Hall–Kier alpha value is -2.89. The molecule has 0 bridgehead atoms. The number of rotatable bonds is 4. The highest BCUT2D eigenvalue weighted by Gasteiger charge is 2.49.